The molecule has 1 unspecified atom stereocenters. The Labute approximate surface area is 403 Å². The Bertz CT molecular complexity index is 1140. The van der Waals surface area contributed by atoms with Crippen LogP contribution in [0.2, 0.25) is 0 Å². The Morgan fingerprint density at radius 1 is 0.308 bits per heavy atom. The molecule has 0 N–H and O–H groups in total. The summed E-state index contributed by atoms with van der Waals surface area (Å²) in [5.74, 6) is -0.893. The van der Waals surface area contributed by atoms with Gasteiger partial charge in [-0.15, -0.1) is 0 Å². The van der Waals surface area contributed by atoms with Gasteiger partial charge in [0.15, 0.2) is 6.10 Å². The first-order valence-corrected chi connectivity index (χ1v) is 28.1. The lowest BCUT2D eigenvalue weighted by Crippen LogP contribution is -2.30. The lowest BCUT2D eigenvalue weighted by Gasteiger charge is -2.18. The van der Waals surface area contributed by atoms with Crippen molar-refractivity contribution >= 4 is 17.9 Å². The van der Waals surface area contributed by atoms with Crippen LogP contribution in [0, 0.1) is 0 Å². The summed E-state index contributed by atoms with van der Waals surface area (Å²) in [7, 11) is 0. The van der Waals surface area contributed by atoms with Gasteiger partial charge in [0.05, 0.1) is 0 Å². The molecule has 378 valence electrons. The van der Waals surface area contributed by atoms with Crippen molar-refractivity contribution in [2.75, 3.05) is 13.2 Å². The van der Waals surface area contributed by atoms with E-state index in [2.05, 4.69) is 69.4 Å². The highest BCUT2D eigenvalue weighted by Crippen LogP contribution is 2.15. The number of unbranched alkanes of at least 4 members (excludes halogenated alkanes) is 32. The maximum absolute atomic E-state index is 12.8. The molecule has 0 radical (unpaired) electrons. The maximum atomic E-state index is 12.8. The fraction of sp³-hybridized carbons (Fsp3) is 0.814. The van der Waals surface area contributed by atoms with Crippen LogP contribution in [-0.2, 0) is 28.6 Å². The van der Waals surface area contributed by atoms with Gasteiger partial charge in [-0.3, -0.25) is 14.4 Å². The van der Waals surface area contributed by atoms with Crippen LogP contribution in [0.5, 0.6) is 0 Å². The molecule has 65 heavy (non-hydrogen) atoms. The Kier molecular flexibility index (Phi) is 51.8. The molecule has 0 saturated carbocycles. The molecule has 0 bridgehead atoms. The first-order chi connectivity index (χ1) is 32.0. The van der Waals surface area contributed by atoms with Gasteiger partial charge < -0.3 is 14.2 Å². The average molecular weight is 911 g/mol. The summed E-state index contributed by atoms with van der Waals surface area (Å²) in [5.41, 5.74) is 0. The molecule has 0 aliphatic rings. The third kappa shape index (κ3) is 52.2. The van der Waals surface area contributed by atoms with Crippen LogP contribution in [0.25, 0.3) is 0 Å². The molecule has 0 amide bonds. The third-order valence-corrected chi connectivity index (χ3v) is 12.3. The first-order valence-electron chi connectivity index (χ1n) is 28.1. The van der Waals surface area contributed by atoms with Crippen molar-refractivity contribution < 1.29 is 28.6 Å². The lowest BCUT2D eigenvalue weighted by molar-refractivity contribution is -0.167. The maximum Gasteiger partial charge on any atom is 0.306 e. The zero-order valence-electron chi connectivity index (χ0n) is 43.3. The summed E-state index contributed by atoms with van der Waals surface area (Å²) in [4.78, 5) is 38.0. The molecule has 0 aromatic heterocycles. The van der Waals surface area contributed by atoms with Crippen LogP contribution < -0.4 is 0 Å². The average Bonchev–Trinajstić information content (AvgIpc) is 3.30. The largest absolute Gasteiger partial charge is 0.462 e. The molecule has 6 heteroatoms. The van der Waals surface area contributed by atoms with E-state index in [1.54, 1.807) is 0 Å². The van der Waals surface area contributed by atoms with E-state index in [4.69, 9.17) is 14.2 Å². The van der Waals surface area contributed by atoms with E-state index in [-0.39, 0.29) is 31.1 Å². The summed E-state index contributed by atoms with van der Waals surface area (Å²) in [6.07, 6.45) is 65.3. The predicted molar refractivity (Wildman–Crippen MR) is 279 cm³/mol. The van der Waals surface area contributed by atoms with E-state index >= 15 is 0 Å². The Morgan fingerprint density at radius 3 is 0.908 bits per heavy atom. The zero-order chi connectivity index (χ0) is 47.2. The van der Waals surface area contributed by atoms with Gasteiger partial charge in [-0.2, -0.15) is 0 Å². The van der Waals surface area contributed by atoms with Gasteiger partial charge in [0, 0.05) is 19.3 Å². The van der Waals surface area contributed by atoms with Gasteiger partial charge >= 0.3 is 17.9 Å². The van der Waals surface area contributed by atoms with E-state index in [1.165, 1.54) is 167 Å². The van der Waals surface area contributed by atoms with E-state index in [0.29, 0.717) is 19.3 Å². The van der Waals surface area contributed by atoms with Crippen LogP contribution in [0.4, 0.5) is 0 Å². The molecule has 0 aromatic rings. The number of carbonyl (C=O) groups excluding carboxylic acids is 3. The van der Waals surface area contributed by atoms with E-state index in [9.17, 15) is 14.4 Å². The molecule has 0 fully saturated rings. The van der Waals surface area contributed by atoms with Crippen molar-refractivity contribution in [3.05, 3.63) is 48.6 Å². The molecule has 6 nitrogen and oxygen atoms in total. The van der Waals surface area contributed by atoms with E-state index in [0.717, 1.165) is 83.5 Å². The minimum absolute atomic E-state index is 0.0801. The molecular formula is C59H106O6. The summed E-state index contributed by atoms with van der Waals surface area (Å²) in [5, 5.41) is 0. The number of esters is 3. The molecule has 0 aliphatic heterocycles. The van der Waals surface area contributed by atoms with Crippen molar-refractivity contribution in [3.63, 3.8) is 0 Å². The van der Waals surface area contributed by atoms with Crippen molar-refractivity contribution in [1.29, 1.82) is 0 Å². The van der Waals surface area contributed by atoms with E-state index < -0.39 is 6.10 Å². The third-order valence-electron chi connectivity index (χ3n) is 12.3. The fourth-order valence-corrected chi connectivity index (χ4v) is 7.98. The fourth-order valence-electron chi connectivity index (χ4n) is 7.98. The number of hydrogen-bond acceptors (Lipinski definition) is 6. The van der Waals surface area contributed by atoms with Crippen LogP contribution >= 0.6 is 0 Å². The Morgan fingerprint density at radius 2 is 0.569 bits per heavy atom. The summed E-state index contributed by atoms with van der Waals surface area (Å²) < 4.78 is 16.8. The van der Waals surface area contributed by atoms with Gasteiger partial charge in [-0.1, -0.05) is 223 Å². The van der Waals surface area contributed by atoms with Crippen LogP contribution in [0.15, 0.2) is 48.6 Å². The first kappa shape index (κ1) is 62.4. The monoisotopic (exact) mass is 911 g/mol. The highest BCUT2D eigenvalue weighted by Gasteiger charge is 2.19. The molecular weight excluding hydrogens is 805 g/mol. The SMILES string of the molecule is CCCC/C=C\CCCCCCCC(=O)OCC(COC(=O)CCCCCCCCCCC/C=C\C/C=C\CCCCCCC)OC(=O)CCCCCCC/C=C\CCCCCCCC. The molecule has 0 heterocycles. The second-order valence-electron chi connectivity index (χ2n) is 18.8. The molecule has 0 aliphatic carbocycles. The standard InChI is InChI=1S/C59H106O6/c1-4-7-10-13-16-19-22-24-26-27-28-29-30-31-33-34-37-40-43-46-49-52-58(61)64-55-56(54-63-57(60)51-48-45-42-39-36-21-18-15-12-9-6-3)65-59(62)53-50-47-44-41-38-35-32-25-23-20-17-14-11-8-5-2/h15,18,22,24-25,27-28,32,56H,4-14,16-17,19-21,23,26,29-31,33-55H2,1-3H3/b18-15-,24-22-,28-27-,32-25-. The minimum Gasteiger partial charge on any atom is -0.462 e. The van der Waals surface area contributed by atoms with Gasteiger partial charge in [-0.25, -0.2) is 0 Å². The van der Waals surface area contributed by atoms with Gasteiger partial charge in [-0.05, 0) is 96.3 Å². The number of ether oxygens (including phenoxy) is 3. The predicted octanol–water partition coefficient (Wildman–Crippen LogP) is 18.7. The Balaban J connectivity index is 4.31. The minimum atomic E-state index is -0.781. The number of rotatable bonds is 51. The molecule has 1 atom stereocenters. The second-order valence-corrected chi connectivity index (χ2v) is 18.8. The van der Waals surface area contributed by atoms with Crippen molar-refractivity contribution in [2.24, 2.45) is 0 Å². The van der Waals surface area contributed by atoms with Crippen molar-refractivity contribution in [1.82, 2.24) is 0 Å². The summed E-state index contributed by atoms with van der Waals surface area (Å²) >= 11 is 0. The number of carbonyl (C=O) groups is 3. The quantitative estimate of drug-likeness (QED) is 0.0262. The summed E-state index contributed by atoms with van der Waals surface area (Å²) in [6, 6.07) is 0. The van der Waals surface area contributed by atoms with Crippen molar-refractivity contribution in [2.45, 2.75) is 297 Å². The Hall–Kier alpha value is -2.63. The lowest BCUT2D eigenvalue weighted by atomic mass is 10.1. The van der Waals surface area contributed by atoms with E-state index in [1.807, 2.05) is 0 Å². The second kappa shape index (κ2) is 54.0. The summed E-state index contributed by atoms with van der Waals surface area (Å²) in [6.45, 7) is 6.59. The molecule has 0 rings (SSSR count). The van der Waals surface area contributed by atoms with Gasteiger partial charge in [0.25, 0.3) is 0 Å². The van der Waals surface area contributed by atoms with Crippen LogP contribution in [0.1, 0.15) is 290 Å². The van der Waals surface area contributed by atoms with Crippen LogP contribution in [0.3, 0.4) is 0 Å². The highest BCUT2D eigenvalue weighted by molar-refractivity contribution is 5.71. The highest BCUT2D eigenvalue weighted by atomic mass is 16.6. The molecule has 0 spiro atoms. The van der Waals surface area contributed by atoms with Gasteiger partial charge in [0.2, 0.25) is 0 Å². The van der Waals surface area contributed by atoms with Gasteiger partial charge in [0.1, 0.15) is 13.2 Å². The van der Waals surface area contributed by atoms with Crippen LogP contribution in [-0.4, -0.2) is 37.2 Å². The molecule has 0 saturated heterocycles. The van der Waals surface area contributed by atoms with Crippen molar-refractivity contribution in [3.8, 4) is 0 Å². The smallest absolute Gasteiger partial charge is 0.306 e. The topological polar surface area (TPSA) is 78.9 Å². The zero-order valence-corrected chi connectivity index (χ0v) is 43.3. The normalized spacial score (nSPS) is 12.4. The number of hydrogen-bond donors (Lipinski definition) is 0. The molecule has 0 aromatic carbocycles. The number of allylic oxidation sites excluding steroid dienone is 8.